The first-order valence-electron chi connectivity index (χ1n) is 13.5. The van der Waals surface area contributed by atoms with Crippen molar-refractivity contribution in [2.45, 2.75) is 58.9 Å². The third-order valence-electron chi connectivity index (χ3n) is 7.82. The normalized spacial score (nSPS) is 15.3. The average Bonchev–Trinajstić information content (AvgIpc) is 3.36. The highest BCUT2D eigenvalue weighted by atomic mass is 32.2. The maximum absolute atomic E-state index is 12.4. The van der Waals surface area contributed by atoms with Gasteiger partial charge in [0.05, 0.1) is 16.8 Å². The highest BCUT2D eigenvalue weighted by Gasteiger charge is 2.29. The van der Waals surface area contributed by atoms with Crippen molar-refractivity contribution >= 4 is 32.7 Å². The number of benzene rings is 2. The highest BCUT2D eigenvalue weighted by Crippen LogP contribution is 2.37. The Balaban J connectivity index is 1.63. The monoisotopic (exact) mass is 538 g/mol. The van der Waals surface area contributed by atoms with Crippen LogP contribution in [0.15, 0.2) is 42.6 Å². The molecule has 1 fully saturated rings. The van der Waals surface area contributed by atoms with Gasteiger partial charge in [-0.1, -0.05) is 32.0 Å². The molecule has 0 saturated carbocycles. The molecule has 0 unspecified atom stereocenters. The predicted molar refractivity (Wildman–Crippen MR) is 151 cm³/mol. The Hall–Kier alpha value is -3.17. The molecule has 4 N–H and O–H groups in total. The zero-order valence-corrected chi connectivity index (χ0v) is 23.2. The van der Waals surface area contributed by atoms with Gasteiger partial charge in [0.25, 0.3) is 5.91 Å². The van der Waals surface area contributed by atoms with Crippen LogP contribution >= 0.6 is 0 Å². The van der Waals surface area contributed by atoms with E-state index >= 15 is 0 Å². The van der Waals surface area contributed by atoms with Crippen LogP contribution in [0.25, 0.3) is 22.0 Å². The van der Waals surface area contributed by atoms with Crippen molar-refractivity contribution in [1.29, 1.82) is 0 Å². The number of fused-ring (bicyclic) bond motifs is 1. The minimum atomic E-state index is -3.20. The standard InChI is InChI=1S/C29H38N4O4S/c1-4-20(5-2)29(35)32-17-19-8-7-9-22(14-19)23-15-24-26(18-31-27(24)25(16-23)28(30)34)21-10-12-33(13-11-21)38(36,37)6-3/h7-9,14-16,18,20-21,31H,4-6,10-13,17H2,1-3H3,(H2,30,34)(H,32,35). The second kappa shape index (κ2) is 11.7. The number of hydrogen-bond donors (Lipinski definition) is 3. The highest BCUT2D eigenvalue weighted by molar-refractivity contribution is 7.89. The van der Waals surface area contributed by atoms with Crippen LogP contribution in [-0.2, 0) is 21.4 Å². The van der Waals surface area contributed by atoms with Gasteiger partial charge in [0.2, 0.25) is 15.9 Å². The van der Waals surface area contributed by atoms with Gasteiger partial charge in [0, 0.05) is 37.1 Å². The summed E-state index contributed by atoms with van der Waals surface area (Å²) in [4.78, 5) is 28.1. The molecule has 2 heterocycles. The van der Waals surface area contributed by atoms with Gasteiger partial charge in [0.1, 0.15) is 0 Å². The summed E-state index contributed by atoms with van der Waals surface area (Å²) in [5.74, 6) is -0.152. The lowest BCUT2D eigenvalue weighted by Crippen LogP contribution is -2.38. The van der Waals surface area contributed by atoms with Crippen molar-refractivity contribution < 1.29 is 18.0 Å². The van der Waals surface area contributed by atoms with Crippen LogP contribution < -0.4 is 11.1 Å². The molecule has 0 spiro atoms. The first kappa shape index (κ1) is 27.9. The minimum Gasteiger partial charge on any atom is -0.366 e. The Morgan fingerprint density at radius 1 is 1.08 bits per heavy atom. The van der Waals surface area contributed by atoms with Crippen molar-refractivity contribution in [3.05, 3.63) is 59.3 Å². The van der Waals surface area contributed by atoms with Crippen molar-refractivity contribution in [2.75, 3.05) is 18.8 Å². The zero-order valence-electron chi connectivity index (χ0n) is 22.4. The quantitative estimate of drug-likeness (QED) is 0.351. The van der Waals surface area contributed by atoms with Crippen LogP contribution in [0.4, 0.5) is 0 Å². The van der Waals surface area contributed by atoms with E-state index in [1.54, 1.807) is 11.2 Å². The number of primary amides is 1. The summed E-state index contributed by atoms with van der Waals surface area (Å²) in [7, 11) is -3.20. The summed E-state index contributed by atoms with van der Waals surface area (Å²) in [5, 5.41) is 3.97. The summed E-state index contributed by atoms with van der Waals surface area (Å²) >= 11 is 0. The van der Waals surface area contributed by atoms with Gasteiger partial charge in [-0.3, -0.25) is 9.59 Å². The lowest BCUT2D eigenvalue weighted by atomic mass is 9.88. The Bertz CT molecular complexity index is 1420. The van der Waals surface area contributed by atoms with Gasteiger partial charge in [-0.25, -0.2) is 12.7 Å². The molecule has 1 aromatic heterocycles. The molecule has 204 valence electrons. The molecule has 38 heavy (non-hydrogen) atoms. The number of hydrogen-bond acceptors (Lipinski definition) is 4. The van der Waals surface area contributed by atoms with E-state index in [-0.39, 0.29) is 23.5 Å². The summed E-state index contributed by atoms with van der Waals surface area (Å²) in [6, 6.07) is 11.8. The molecule has 9 heteroatoms. The van der Waals surface area contributed by atoms with E-state index in [0.29, 0.717) is 43.6 Å². The van der Waals surface area contributed by atoms with Crippen molar-refractivity contribution in [2.24, 2.45) is 11.7 Å². The number of aromatic nitrogens is 1. The van der Waals surface area contributed by atoms with Crippen LogP contribution in [0.5, 0.6) is 0 Å². The smallest absolute Gasteiger partial charge is 0.250 e. The van der Waals surface area contributed by atoms with Gasteiger partial charge in [-0.15, -0.1) is 0 Å². The molecule has 1 aliphatic heterocycles. The molecular weight excluding hydrogens is 500 g/mol. The second-order valence-corrected chi connectivity index (χ2v) is 12.3. The Morgan fingerprint density at radius 3 is 2.42 bits per heavy atom. The number of aromatic amines is 1. The molecule has 0 radical (unpaired) electrons. The molecule has 0 bridgehead atoms. The predicted octanol–water partition coefficient (Wildman–Crippen LogP) is 4.52. The summed E-state index contributed by atoms with van der Waals surface area (Å²) in [5.41, 5.74) is 10.7. The summed E-state index contributed by atoms with van der Waals surface area (Å²) in [6.45, 7) is 7.12. The fourth-order valence-electron chi connectivity index (χ4n) is 5.43. The third kappa shape index (κ3) is 5.78. The first-order chi connectivity index (χ1) is 18.2. The molecule has 4 rings (SSSR count). The van der Waals surface area contributed by atoms with Crippen LogP contribution in [0, 0.1) is 5.92 Å². The van der Waals surface area contributed by atoms with Gasteiger partial charge in [0.15, 0.2) is 0 Å². The number of nitrogens with zero attached hydrogens (tertiary/aromatic N) is 1. The van der Waals surface area contributed by atoms with E-state index in [2.05, 4.69) is 16.4 Å². The Labute approximate surface area is 225 Å². The van der Waals surface area contributed by atoms with E-state index < -0.39 is 15.9 Å². The maximum atomic E-state index is 12.4. The first-order valence-corrected chi connectivity index (χ1v) is 15.1. The van der Waals surface area contributed by atoms with E-state index in [1.807, 2.05) is 50.4 Å². The summed E-state index contributed by atoms with van der Waals surface area (Å²) in [6.07, 6.45) is 4.98. The van der Waals surface area contributed by atoms with Crippen molar-refractivity contribution in [3.8, 4) is 11.1 Å². The topological polar surface area (TPSA) is 125 Å². The van der Waals surface area contributed by atoms with Crippen LogP contribution in [0.1, 0.15) is 73.9 Å². The molecule has 1 saturated heterocycles. The van der Waals surface area contributed by atoms with E-state index in [4.69, 9.17) is 5.73 Å². The number of carbonyl (C=O) groups is 2. The minimum absolute atomic E-state index is 0.0136. The number of piperidine rings is 1. The Kier molecular flexibility index (Phi) is 8.57. The molecule has 8 nitrogen and oxygen atoms in total. The summed E-state index contributed by atoms with van der Waals surface area (Å²) < 4.78 is 26.2. The number of nitrogens with one attached hydrogen (secondary N) is 2. The number of nitrogens with two attached hydrogens (primary N) is 1. The van der Waals surface area contributed by atoms with Gasteiger partial charge >= 0.3 is 0 Å². The number of sulfonamides is 1. The average molecular weight is 539 g/mol. The molecular formula is C29H38N4O4S. The molecule has 0 aliphatic carbocycles. The van der Waals surface area contributed by atoms with Crippen molar-refractivity contribution in [3.63, 3.8) is 0 Å². The molecule has 2 amide bonds. The fourth-order valence-corrected chi connectivity index (χ4v) is 6.57. The van der Waals surface area contributed by atoms with Crippen molar-refractivity contribution in [1.82, 2.24) is 14.6 Å². The van der Waals surface area contributed by atoms with Crippen LogP contribution in [-0.4, -0.2) is 48.4 Å². The van der Waals surface area contributed by atoms with E-state index in [1.165, 1.54) is 0 Å². The molecule has 0 atom stereocenters. The van der Waals surface area contributed by atoms with E-state index in [9.17, 15) is 18.0 Å². The van der Waals surface area contributed by atoms with E-state index in [0.717, 1.165) is 40.5 Å². The number of carbonyl (C=O) groups excluding carboxylic acids is 2. The lowest BCUT2D eigenvalue weighted by molar-refractivity contribution is -0.125. The van der Waals surface area contributed by atoms with Crippen LogP contribution in [0.2, 0.25) is 0 Å². The largest absolute Gasteiger partial charge is 0.366 e. The number of rotatable bonds is 10. The third-order valence-corrected chi connectivity index (χ3v) is 9.70. The molecule has 1 aliphatic rings. The van der Waals surface area contributed by atoms with Crippen LogP contribution in [0.3, 0.4) is 0 Å². The maximum Gasteiger partial charge on any atom is 0.250 e. The number of H-pyrrole nitrogens is 1. The zero-order chi connectivity index (χ0) is 27.4. The fraction of sp³-hybridized carbons (Fsp3) is 0.448. The second-order valence-electron chi connectivity index (χ2n) is 10.1. The lowest BCUT2D eigenvalue weighted by Gasteiger charge is -2.31. The number of amides is 2. The van der Waals surface area contributed by atoms with Gasteiger partial charge < -0.3 is 16.0 Å². The molecule has 3 aromatic rings. The SMILES string of the molecule is CCC(CC)C(=O)NCc1cccc(-c2cc(C(N)=O)c3[nH]cc(C4CCN(S(=O)(=O)CC)CC4)c3c2)c1. The van der Waals surface area contributed by atoms with Gasteiger partial charge in [-0.05, 0) is 79.0 Å². The molecule has 2 aromatic carbocycles. The Morgan fingerprint density at radius 2 is 1.79 bits per heavy atom. The van der Waals surface area contributed by atoms with Gasteiger partial charge in [-0.2, -0.15) is 0 Å².